The molecule has 0 aromatic heterocycles. The van der Waals surface area contributed by atoms with Crippen molar-refractivity contribution in [2.24, 2.45) is 0 Å². The lowest BCUT2D eigenvalue weighted by Gasteiger charge is -2.16. The van der Waals surface area contributed by atoms with Crippen molar-refractivity contribution < 1.29 is 19.0 Å². The van der Waals surface area contributed by atoms with Crippen LogP contribution in [0.1, 0.15) is 6.92 Å². The van der Waals surface area contributed by atoms with Gasteiger partial charge in [0, 0.05) is 18.7 Å². The Kier molecular flexibility index (Phi) is 8.22. The molecule has 116 valence electrons. The van der Waals surface area contributed by atoms with Crippen LogP contribution in [0.3, 0.4) is 0 Å². The summed E-state index contributed by atoms with van der Waals surface area (Å²) in [7, 11) is 0. The van der Waals surface area contributed by atoms with Crippen LogP contribution in [0.5, 0.6) is 11.5 Å². The van der Waals surface area contributed by atoms with Crippen molar-refractivity contribution in [3.63, 3.8) is 0 Å². The Morgan fingerprint density at radius 2 is 1.90 bits per heavy atom. The molecule has 0 heterocycles. The zero-order valence-corrected chi connectivity index (χ0v) is 14.0. The molecule has 4 nitrogen and oxygen atoms in total. The van der Waals surface area contributed by atoms with E-state index in [1.165, 1.54) is 18.2 Å². The molecule has 1 aromatic rings. The summed E-state index contributed by atoms with van der Waals surface area (Å²) in [6.45, 7) is 2.20. The molecule has 1 aromatic carbocycles. The molecular formula is C13H12Cl4O4. The van der Waals surface area contributed by atoms with Crippen LogP contribution in [0.4, 0.5) is 0 Å². The van der Waals surface area contributed by atoms with Crippen molar-refractivity contribution in [2.45, 2.75) is 13.2 Å². The molecule has 1 unspecified atom stereocenters. The topological polar surface area (TPSA) is 44.8 Å². The van der Waals surface area contributed by atoms with Crippen LogP contribution in [-0.2, 0) is 9.53 Å². The number of hydrogen-bond acceptors (Lipinski definition) is 4. The van der Waals surface area contributed by atoms with E-state index in [0.29, 0.717) is 18.6 Å². The third-order valence-electron chi connectivity index (χ3n) is 2.14. The van der Waals surface area contributed by atoms with Crippen LogP contribution in [-0.4, -0.2) is 25.8 Å². The van der Waals surface area contributed by atoms with Gasteiger partial charge >= 0.3 is 0 Å². The molecule has 1 rings (SSSR count). The molecule has 21 heavy (non-hydrogen) atoms. The van der Waals surface area contributed by atoms with Gasteiger partial charge in [-0.25, -0.2) is 0 Å². The molecule has 0 radical (unpaired) electrons. The van der Waals surface area contributed by atoms with E-state index in [9.17, 15) is 4.79 Å². The molecule has 0 N–H and O–H groups in total. The molecular weight excluding hydrogens is 362 g/mol. The Labute approximate surface area is 142 Å². The Morgan fingerprint density at radius 1 is 1.29 bits per heavy atom. The second-order valence-corrected chi connectivity index (χ2v) is 5.42. The van der Waals surface area contributed by atoms with Crippen molar-refractivity contribution in [3.05, 3.63) is 32.7 Å². The average molecular weight is 374 g/mol. The standard InChI is InChI=1S/C13H12Cl4O4/c1-2-19-12(7-18)21-13-9(14)5-8(6-10(13)15)20-4-3-11(16)17/h3,5-7,12H,2,4H2,1H3. The smallest absolute Gasteiger partial charge is 0.257 e. The van der Waals surface area contributed by atoms with Crippen LogP contribution in [0.2, 0.25) is 10.0 Å². The summed E-state index contributed by atoms with van der Waals surface area (Å²) in [4.78, 5) is 10.8. The van der Waals surface area contributed by atoms with Crippen LogP contribution >= 0.6 is 46.4 Å². The van der Waals surface area contributed by atoms with Gasteiger partial charge in [0.1, 0.15) is 16.8 Å². The minimum atomic E-state index is -1.07. The highest BCUT2D eigenvalue weighted by atomic mass is 35.5. The van der Waals surface area contributed by atoms with Crippen molar-refractivity contribution in [1.82, 2.24) is 0 Å². The van der Waals surface area contributed by atoms with Crippen molar-refractivity contribution in [2.75, 3.05) is 13.2 Å². The normalized spacial score (nSPS) is 11.7. The summed E-state index contributed by atoms with van der Waals surface area (Å²) in [5, 5.41) is 0.370. The van der Waals surface area contributed by atoms with E-state index in [2.05, 4.69) is 0 Å². The Bertz CT molecular complexity index is 492. The molecule has 0 amide bonds. The fourth-order valence-electron chi connectivity index (χ4n) is 1.31. The van der Waals surface area contributed by atoms with Gasteiger partial charge in [0.05, 0.1) is 10.0 Å². The van der Waals surface area contributed by atoms with Gasteiger partial charge in [-0.05, 0) is 13.0 Å². The zero-order valence-electron chi connectivity index (χ0n) is 10.9. The first-order valence-electron chi connectivity index (χ1n) is 5.84. The van der Waals surface area contributed by atoms with E-state index in [1.807, 2.05) is 0 Å². The van der Waals surface area contributed by atoms with Gasteiger partial charge in [-0.2, -0.15) is 0 Å². The third-order valence-corrected chi connectivity index (χ3v) is 3.01. The monoisotopic (exact) mass is 372 g/mol. The van der Waals surface area contributed by atoms with Crippen LogP contribution in [0.25, 0.3) is 0 Å². The lowest BCUT2D eigenvalue weighted by Crippen LogP contribution is -2.22. The first kappa shape index (κ1) is 18.4. The molecule has 0 aliphatic heterocycles. The summed E-state index contributed by atoms with van der Waals surface area (Å²) in [6.07, 6.45) is 0.899. The first-order valence-corrected chi connectivity index (χ1v) is 7.35. The molecule has 1 atom stereocenters. The number of aldehydes is 1. The highest BCUT2D eigenvalue weighted by Gasteiger charge is 2.16. The molecule has 0 fully saturated rings. The number of carbonyl (C=O) groups excluding carboxylic acids is 1. The van der Waals surface area contributed by atoms with E-state index in [4.69, 9.17) is 60.6 Å². The molecule has 0 aliphatic rings. The van der Waals surface area contributed by atoms with E-state index >= 15 is 0 Å². The molecule has 0 saturated carbocycles. The van der Waals surface area contributed by atoms with Gasteiger partial charge in [0.2, 0.25) is 0 Å². The van der Waals surface area contributed by atoms with Gasteiger partial charge in [0.15, 0.2) is 12.0 Å². The number of rotatable bonds is 8. The van der Waals surface area contributed by atoms with E-state index in [1.54, 1.807) is 6.92 Å². The maximum absolute atomic E-state index is 10.8. The molecule has 0 aliphatic carbocycles. The summed E-state index contributed by atoms with van der Waals surface area (Å²) < 4.78 is 15.8. The van der Waals surface area contributed by atoms with Crippen LogP contribution < -0.4 is 9.47 Å². The van der Waals surface area contributed by atoms with Gasteiger partial charge in [-0.15, -0.1) is 0 Å². The van der Waals surface area contributed by atoms with Crippen molar-refractivity contribution in [1.29, 1.82) is 0 Å². The van der Waals surface area contributed by atoms with E-state index in [0.717, 1.165) is 0 Å². The van der Waals surface area contributed by atoms with E-state index in [-0.39, 0.29) is 26.9 Å². The Morgan fingerprint density at radius 3 is 2.38 bits per heavy atom. The lowest BCUT2D eigenvalue weighted by atomic mass is 10.3. The fraction of sp³-hybridized carbons (Fsp3) is 0.308. The van der Waals surface area contributed by atoms with Crippen molar-refractivity contribution in [3.8, 4) is 11.5 Å². The molecule has 0 spiro atoms. The summed E-state index contributed by atoms with van der Waals surface area (Å²) in [5.41, 5.74) is 0. The van der Waals surface area contributed by atoms with Crippen LogP contribution in [0.15, 0.2) is 22.7 Å². The number of halogens is 4. The second kappa shape index (κ2) is 9.38. The molecule has 8 heteroatoms. The minimum absolute atomic E-state index is 0.0951. The first-order chi connectivity index (χ1) is 9.97. The highest BCUT2D eigenvalue weighted by Crippen LogP contribution is 2.37. The van der Waals surface area contributed by atoms with Gasteiger partial charge in [-0.3, -0.25) is 4.79 Å². The Balaban J connectivity index is 2.84. The van der Waals surface area contributed by atoms with Gasteiger partial charge in [0.25, 0.3) is 6.29 Å². The Hall–Kier alpha value is -0.650. The highest BCUT2D eigenvalue weighted by molar-refractivity contribution is 6.55. The summed E-state index contributed by atoms with van der Waals surface area (Å²) in [6, 6.07) is 2.99. The minimum Gasteiger partial charge on any atom is -0.489 e. The number of carbonyl (C=O) groups is 1. The zero-order chi connectivity index (χ0) is 15.8. The third kappa shape index (κ3) is 6.32. The SMILES string of the molecule is CCOC(C=O)Oc1c(Cl)cc(OCC=C(Cl)Cl)cc1Cl. The molecule has 0 saturated heterocycles. The predicted molar refractivity (Wildman–Crippen MR) is 83.9 cm³/mol. The largest absolute Gasteiger partial charge is 0.489 e. The second-order valence-electron chi connectivity index (χ2n) is 3.60. The maximum atomic E-state index is 10.8. The van der Waals surface area contributed by atoms with Crippen molar-refractivity contribution >= 4 is 52.7 Å². The van der Waals surface area contributed by atoms with Gasteiger partial charge < -0.3 is 14.2 Å². The molecule has 0 bridgehead atoms. The maximum Gasteiger partial charge on any atom is 0.257 e. The number of benzene rings is 1. The quantitative estimate of drug-likeness (QED) is 0.492. The predicted octanol–water partition coefficient (Wildman–Crippen LogP) is 4.63. The lowest BCUT2D eigenvalue weighted by molar-refractivity contribution is -0.136. The average Bonchev–Trinajstić information content (AvgIpc) is 2.41. The van der Waals surface area contributed by atoms with Crippen LogP contribution in [0, 0.1) is 0 Å². The van der Waals surface area contributed by atoms with E-state index < -0.39 is 6.29 Å². The number of hydrogen-bond donors (Lipinski definition) is 0. The summed E-state index contributed by atoms with van der Waals surface area (Å²) in [5.74, 6) is 0.546. The number of ether oxygens (including phenoxy) is 3. The van der Waals surface area contributed by atoms with Gasteiger partial charge in [-0.1, -0.05) is 46.4 Å². The fourth-order valence-corrected chi connectivity index (χ4v) is 2.00. The summed E-state index contributed by atoms with van der Waals surface area (Å²) >= 11 is 23.0.